The van der Waals surface area contributed by atoms with Crippen molar-refractivity contribution in [1.29, 1.82) is 0 Å². The number of hydrogen-bond donors (Lipinski definition) is 1. The van der Waals surface area contributed by atoms with Crippen LogP contribution in [0.2, 0.25) is 0 Å². The molecular weight excluding hydrogens is 659 g/mol. The van der Waals surface area contributed by atoms with Crippen molar-refractivity contribution in [2.45, 2.75) is 15.2 Å². The van der Waals surface area contributed by atoms with E-state index in [1.807, 2.05) is 11.8 Å². The number of anilines is 1. The molecule has 1 heterocycles. The van der Waals surface area contributed by atoms with Gasteiger partial charge in [-0.1, -0.05) is 176 Å². The van der Waals surface area contributed by atoms with Crippen LogP contribution >= 0.6 is 11.8 Å². The standard InChI is InChI=1S/C51H33NS/c52-35-29-30-42-41(31-35)50-40(19-12-22-45(50)51(42)43-20-8-10-23-46(43)53-47-24-11-9-21-44(47)51)49-38-17-6-4-15-36(38)48(37-16-5-7-18-39(37)49)34-27-25-33(26-28-34)32-13-2-1-3-14-32/h1-31H,52H2. The smallest absolute Gasteiger partial charge is 0.0735 e. The molecule has 0 amide bonds. The van der Waals surface area contributed by atoms with Crippen molar-refractivity contribution in [3.8, 4) is 44.5 Å². The van der Waals surface area contributed by atoms with Crippen molar-refractivity contribution >= 4 is 39.0 Å². The third-order valence-electron chi connectivity index (χ3n) is 11.5. The second kappa shape index (κ2) is 11.6. The lowest BCUT2D eigenvalue weighted by Crippen LogP contribution is -2.31. The second-order valence-electron chi connectivity index (χ2n) is 14.2. The molecule has 0 bridgehead atoms. The molecule has 9 aromatic rings. The fraction of sp³-hybridized carbons (Fsp3) is 0.0196. The molecule has 0 saturated heterocycles. The molecule has 1 aliphatic heterocycles. The van der Waals surface area contributed by atoms with Crippen LogP contribution in [0.15, 0.2) is 198 Å². The largest absolute Gasteiger partial charge is 0.399 e. The zero-order valence-electron chi connectivity index (χ0n) is 28.9. The van der Waals surface area contributed by atoms with E-state index >= 15 is 0 Å². The molecule has 2 N–H and O–H groups in total. The van der Waals surface area contributed by atoms with Crippen LogP contribution in [0.1, 0.15) is 22.3 Å². The molecule has 0 atom stereocenters. The molecule has 0 radical (unpaired) electrons. The number of benzene rings is 9. The van der Waals surface area contributed by atoms with Crippen LogP contribution in [-0.4, -0.2) is 0 Å². The number of fused-ring (bicyclic) bond motifs is 11. The van der Waals surface area contributed by atoms with Gasteiger partial charge in [0.25, 0.3) is 0 Å². The maximum atomic E-state index is 6.69. The molecule has 1 spiro atoms. The van der Waals surface area contributed by atoms with Crippen LogP contribution < -0.4 is 5.73 Å². The summed E-state index contributed by atoms with van der Waals surface area (Å²) in [4.78, 5) is 2.59. The molecule has 1 nitrogen and oxygen atoms in total. The first kappa shape index (κ1) is 30.3. The molecule has 248 valence electrons. The van der Waals surface area contributed by atoms with Gasteiger partial charge in [0, 0.05) is 15.5 Å². The van der Waals surface area contributed by atoms with Gasteiger partial charge in [0.15, 0.2) is 0 Å². The van der Waals surface area contributed by atoms with Gasteiger partial charge in [-0.25, -0.2) is 0 Å². The lowest BCUT2D eigenvalue weighted by molar-refractivity contribution is 0.722. The van der Waals surface area contributed by atoms with Crippen LogP contribution in [-0.2, 0) is 5.41 Å². The number of nitrogen functional groups attached to an aromatic ring is 1. The van der Waals surface area contributed by atoms with Crippen LogP contribution in [0.25, 0.3) is 66.1 Å². The van der Waals surface area contributed by atoms with Gasteiger partial charge in [-0.2, -0.15) is 0 Å². The molecule has 53 heavy (non-hydrogen) atoms. The first-order valence-electron chi connectivity index (χ1n) is 18.2. The Morgan fingerprint density at radius 2 is 0.849 bits per heavy atom. The summed E-state index contributed by atoms with van der Waals surface area (Å²) in [6.45, 7) is 0. The van der Waals surface area contributed by atoms with E-state index in [0.29, 0.717) is 0 Å². The highest BCUT2D eigenvalue weighted by Gasteiger charge is 2.50. The van der Waals surface area contributed by atoms with Crippen molar-refractivity contribution in [1.82, 2.24) is 0 Å². The summed E-state index contributed by atoms with van der Waals surface area (Å²) in [6.07, 6.45) is 0. The maximum Gasteiger partial charge on any atom is 0.0735 e. The third kappa shape index (κ3) is 4.27. The number of rotatable bonds is 3. The van der Waals surface area contributed by atoms with Crippen molar-refractivity contribution < 1.29 is 0 Å². The molecule has 0 unspecified atom stereocenters. The summed E-state index contributed by atoms with van der Waals surface area (Å²) in [6, 6.07) is 69.2. The Kier molecular flexibility index (Phi) is 6.62. The Labute approximate surface area is 313 Å². The van der Waals surface area contributed by atoms with Crippen molar-refractivity contribution in [3.05, 3.63) is 210 Å². The Bertz CT molecular complexity index is 2820. The minimum Gasteiger partial charge on any atom is -0.399 e. The minimum atomic E-state index is -0.473. The summed E-state index contributed by atoms with van der Waals surface area (Å²) in [5.41, 5.74) is 22.1. The third-order valence-corrected chi connectivity index (χ3v) is 12.6. The summed E-state index contributed by atoms with van der Waals surface area (Å²) in [5, 5.41) is 4.98. The van der Waals surface area contributed by atoms with Crippen LogP contribution in [0.4, 0.5) is 5.69 Å². The Balaban J connectivity index is 1.23. The van der Waals surface area contributed by atoms with E-state index in [4.69, 9.17) is 5.73 Å². The first-order chi connectivity index (χ1) is 26.2. The lowest BCUT2D eigenvalue weighted by Gasteiger charge is -2.39. The Morgan fingerprint density at radius 3 is 1.49 bits per heavy atom. The van der Waals surface area contributed by atoms with Gasteiger partial charge in [-0.15, -0.1) is 0 Å². The quantitative estimate of drug-likeness (QED) is 0.147. The summed E-state index contributed by atoms with van der Waals surface area (Å²) in [5.74, 6) is 0. The van der Waals surface area contributed by atoms with Gasteiger partial charge in [0.1, 0.15) is 0 Å². The topological polar surface area (TPSA) is 26.0 Å². The number of nitrogens with two attached hydrogens (primary N) is 1. The Morgan fingerprint density at radius 1 is 0.340 bits per heavy atom. The molecule has 0 aromatic heterocycles. The molecule has 1 aliphatic carbocycles. The monoisotopic (exact) mass is 691 g/mol. The highest BCUT2D eigenvalue weighted by atomic mass is 32.2. The van der Waals surface area contributed by atoms with Gasteiger partial charge in [0.2, 0.25) is 0 Å². The Hall–Kier alpha value is -6.35. The molecule has 2 heteroatoms. The van der Waals surface area contributed by atoms with Crippen LogP contribution in [0.5, 0.6) is 0 Å². The highest BCUT2D eigenvalue weighted by molar-refractivity contribution is 7.99. The minimum absolute atomic E-state index is 0.473. The molecule has 0 fully saturated rings. The summed E-state index contributed by atoms with van der Waals surface area (Å²) in [7, 11) is 0. The van der Waals surface area contributed by atoms with E-state index in [1.165, 1.54) is 98.1 Å². The van der Waals surface area contributed by atoms with E-state index in [9.17, 15) is 0 Å². The average Bonchev–Trinajstić information content (AvgIpc) is 3.50. The zero-order chi connectivity index (χ0) is 35.1. The predicted octanol–water partition coefficient (Wildman–Crippen LogP) is 13.4. The lowest BCUT2D eigenvalue weighted by atomic mass is 9.67. The van der Waals surface area contributed by atoms with Gasteiger partial charge in [-0.3, -0.25) is 0 Å². The highest BCUT2D eigenvalue weighted by Crippen LogP contribution is 2.64. The molecule has 2 aliphatic rings. The molecular formula is C51H33NS. The number of hydrogen-bond acceptors (Lipinski definition) is 2. The fourth-order valence-electron chi connectivity index (χ4n) is 9.37. The average molecular weight is 692 g/mol. The fourth-order valence-corrected chi connectivity index (χ4v) is 10.6. The molecule has 9 aromatic carbocycles. The normalized spacial score (nSPS) is 13.4. The van der Waals surface area contributed by atoms with Gasteiger partial charge < -0.3 is 5.73 Å². The summed E-state index contributed by atoms with van der Waals surface area (Å²) < 4.78 is 0. The maximum absolute atomic E-state index is 6.69. The second-order valence-corrected chi connectivity index (χ2v) is 15.2. The summed E-state index contributed by atoms with van der Waals surface area (Å²) >= 11 is 1.87. The van der Waals surface area contributed by atoms with E-state index in [-0.39, 0.29) is 0 Å². The van der Waals surface area contributed by atoms with Gasteiger partial charge >= 0.3 is 0 Å². The predicted molar refractivity (Wildman–Crippen MR) is 224 cm³/mol. The van der Waals surface area contributed by atoms with Crippen LogP contribution in [0, 0.1) is 0 Å². The molecule has 0 saturated carbocycles. The van der Waals surface area contributed by atoms with Gasteiger partial charge in [0.05, 0.1) is 5.41 Å². The first-order valence-corrected chi connectivity index (χ1v) is 19.0. The van der Waals surface area contributed by atoms with E-state index in [2.05, 4.69) is 188 Å². The van der Waals surface area contributed by atoms with Gasteiger partial charge in [-0.05, 0) is 113 Å². The van der Waals surface area contributed by atoms with E-state index in [0.717, 1.165) is 5.69 Å². The molecule has 11 rings (SSSR count). The van der Waals surface area contributed by atoms with E-state index in [1.54, 1.807) is 0 Å². The zero-order valence-corrected chi connectivity index (χ0v) is 29.7. The van der Waals surface area contributed by atoms with E-state index < -0.39 is 5.41 Å². The van der Waals surface area contributed by atoms with Crippen molar-refractivity contribution in [2.24, 2.45) is 0 Å². The van der Waals surface area contributed by atoms with Crippen molar-refractivity contribution in [3.63, 3.8) is 0 Å². The van der Waals surface area contributed by atoms with Crippen LogP contribution in [0.3, 0.4) is 0 Å². The van der Waals surface area contributed by atoms with Crippen molar-refractivity contribution in [2.75, 3.05) is 5.73 Å². The SMILES string of the molecule is Nc1ccc2c(c1)-c1c(-c3c4ccccc4c(-c4ccc(-c5ccccc5)cc4)c4ccccc34)cccc1C21c2ccccc2Sc2ccccc21.